The fourth-order valence-electron chi connectivity index (χ4n) is 2.29. The van der Waals surface area contributed by atoms with Crippen molar-refractivity contribution >= 4 is 11.9 Å². The first-order valence-corrected chi connectivity index (χ1v) is 7.98. The molecule has 0 aliphatic carbocycles. The van der Waals surface area contributed by atoms with Crippen LogP contribution in [-0.4, -0.2) is 40.5 Å². The molecule has 0 fully saturated rings. The van der Waals surface area contributed by atoms with E-state index in [2.05, 4.69) is 20.4 Å². The summed E-state index contributed by atoms with van der Waals surface area (Å²) in [5.41, 5.74) is 1.37. The molecule has 2 rings (SSSR count). The number of rotatable bonds is 8. The quantitative estimate of drug-likeness (QED) is 0.576. The fraction of sp³-hybridized carbons (Fsp3) is 0.412. The van der Waals surface area contributed by atoms with E-state index in [0.29, 0.717) is 24.9 Å². The number of ether oxygens (including phenoxy) is 1. The molecule has 0 spiro atoms. The van der Waals surface area contributed by atoms with Gasteiger partial charge in [-0.05, 0) is 37.5 Å². The Kier molecular flexibility index (Phi) is 6.62. The maximum Gasteiger partial charge on any atom is 0.327 e. The van der Waals surface area contributed by atoms with Crippen LogP contribution in [0.3, 0.4) is 0 Å². The maximum atomic E-state index is 13.2. The number of methoxy groups -OCH3 is 1. The van der Waals surface area contributed by atoms with E-state index in [1.54, 1.807) is 25.3 Å². The van der Waals surface area contributed by atoms with Gasteiger partial charge in [-0.15, -0.1) is 5.10 Å². The lowest BCUT2D eigenvalue weighted by molar-refractivity contribution is -0.141. The number of hydrogen-bond donors (Lipinski definition) is 1. The molecule has 0 aliphatic heterocycles. The van der Waals surface area contributed by atoms with E-state index in [-0.39, 0.29) is 18.3 Å². The van der Waals surface area contributed by atoms with E-state index in [9.17, 15) is 14.0 Å². The first-order valence-electron chi connectivity index (χ1n) is 7.98. The smallest absolute Gasteiger partial charge is 0.327 e. The van der Waals surface area contributed by atoms with Gasteiger partial charge in [0.15, 0.2) is 0 Å². The molecule has 1 amide bonds. The monoisotopic (exact) mass is 348 g/mol. The molecule has 2 aromatic rings. The molecule has 0 saturated heterocycles. The Balaban J connectivity index is 1.73. The average molecular weight is 348 g/mol. The summed E-state index contributed by atoms with van der Waals surface area (Å²) in [7, 11) is 1.31. The van der Waals surface area contributed by atoms with Gasteiger partial charge in [0.2, 0.25) is 5.91 Å². The zero-order valence-corrected chi connectivity index (χ0v) is 14.2. The summed E-state index contributed by atoms with van der Waals surface area (Å²) >= 11 is 0. The number of carbonyl (C=O) groups excluding carboxylic acids is 2. The van der Waals surface area contributed by atoms with Crippen LogP contribution in [0.2, 0.25) is 0 Å². The number of esters is 1. The first-order chi connectivity index (χ1) is 12.0. The van der Waals surface area contributed by atoms with Crippen molar-refractivity contribution < 1.29 is 18.7 Å². The third kappa shape index (κ3) is 5.66. The van der Waals surface area contributed by atoms with Crippen LogP contribution >= 0.6 is 0 Å². The van der Waals surface area contributed by atoms with E-state index in [1.165, 1.54) is 23.9 Å². The Morgan fingerprint density at radius 2 is 2.20 bits per heavy atom. The van der Waals surface area contributed by atoms with Gasteiger partial charge in [0.25, 0.3) is 0 Å². The van der Waals surface area contributed by atoms with Crippen LogP contribution in [0.25, 0.3) is 0 Å². The molecule has 1 heterocycles. The molecule has 1 aromatic carbocycles. The molecule has 25 heavy (non-hydrogen) atoms. The second-order valence-electron chi connectivity index (χ2n) is 5.65. The Morgan fingerprint density at radius 1 is 1.40 bits per heavy atom. The number of halogens is 1. The van der Waals surface area contributed by atoms with Crippen LogP contribution in [-0.2, 0) is 27.3 Å². The molecule has 1 N–H and O–H groups in total. The maximum absolute atomic E-state index is 13.2. The molecule has 0 bridgehead atoms. The van der Waals surface area contributed by atoms with Crippen molar-refractivity contribution in [1.82, 2.24) is 20.3 Å². The second kappa shape index (κ2) is 8.91. The third-order valence-electron chi connectivity index (χ3n) is 3.76. The van der Waals surface area contributed by atoms with E-state index in [4.69, 9.17) is 0 Å². The van der Waals surface area contributed by atoms with Crippen LogP contribution in [0.1, 0.15) is 30.5 Å². The standard InChI is InChI=1S/C17H21FN4O3/c1-12(13-5-3-6-14(18)9-13)17(24)19-8-4-7-15-10-22(21-20-15)11-16(23)25-2/h3,5-6,9-10,12H,4,7-8,11H2,1-2H3,(H,19,24). The van der Waals surface area contributed by atoms with Gasteiger partial charge in [-0.1, -0.05) is 17.3 Å². The van der Waals surface area contributed by atoms with Gasteiger partial charge in [0.05, 0.1) is 18.7 Å². The summed E-state index contributed by atoms with van der Waals surface area (Å²) < 4.78 is 19.2. The van der Waals surface area contributed by atoms with Gasteiger partial charge in [-0.2, -0.15) is 0 Å². The number of benzene rings is 1. The largest absolute Gasteiger partial charge is 0.468 e. The van der Waals surface area contributed by atoms with Crippen LogP contribution in [0.15, 0.2) is 30.5 Å². The van der Waals surface area contributed by atoms with E-state index >= 15 is 0 Å². The number of aromatic nitrogens is 3. The zero-order chi connectivity index (χ0) is 18.2. The number of hydrogen-bond acceptors (Lipinski definition) is 5. The lowest BCUT2D eigenvalue weighted by atomic mass is 10.0. The molecule has 8 heteroatoms. The van der Waals surface area contributed by atoms with Crippen LogP contribution < -0.4 is 5.32 Å². The van der Waals surface area contributed by atoms with E-state index in [1.807, 2.05) is 0 Å². The van der Waals surface area contributed by atoms with Gasteiger partial charge in [-0.3, -0.25) is 9.59 Å². The lowest BCUT2D eigenvalue weighted by Crippen LogP contribution is -2.29. The number of carbonyl (C=O) groups is 2. The van der Waals surface area contributed by atoms with Crippen molar-refractivity contribution in [2.24, 2.45) is 0 Å². The van der Waals surface area contributed by atoms with Gasteiger partial charge in [-0.25, -0.2) is 9.07 Å². The zero-order valence-electron chi connectivity index (χ0n) is 14.2. The van der Waals surface area contributed by atoms with E-state index in [0.717, 1.165) is 5.69 Å². The van der Waals surface area contributed by atoms with Crippen LogP contribution in [0.4, 0.5) is 4.39 Å². The topological polar surface area (TPSA) is 86.1 Å². The summed E-state index contributed by atoms with van der Waals surface area (Å²) in [4.78, 5) is 23.3. The molecule has 1 aromatic heterocycles. The molecular weight excluding hydrogens is 327 g/mol. The van der Waals surface area contributed by atoms with Crippen molar-refractivity contribution in [3.63, 3.8) is 0 Å². The fourth-order valence-corrected chi connectivity index (χ4v) is 2.29. The minimum atomic E-state index is -0.420. The summed E-state index contributed by atoms with van der Waals surface area (Å²) in [5.74, 6) is -1.32. The highest BCUT2D eigenvalue weighted by Crippen LogP contribution is 2.16. The van der Waals surface area contributed by atoms with Gasteiger partial charge >= 0.3 is 5.97 Å². The summed E-state index contributed by atoms with van der Waals surface area (Å²) in [6, 6.07) is 6.03. The molecule has 7 nitrogen and oxygen atoms in total. The predicted molar refractivity (Wildman–Crippen MR) is 88.2 cm³/mol. The molecular formula is C17H21FN4O3. The van der Waals surface area contributed by atoms with Crippen molar-refractivity contribution in [1.29, 1.82) is 0 Å². The minimum Gasteiger partial charge on any atom is -0.468 e. The van der Waals surface area contributed by atoms with Crippen LogP contribution in [0, 0.1) is 5.82 Å². The SMILES string of the molecule is COC(=O)Cn1cc(CCCNC(=O)C(C)c2cccc(F)c2)nn1. The Morgan fingerprint density at radius 3 is 2.92 bits per heavy atom. The Hall–Kier alpha value is -2.77. The number of aryl methyl sites for hydroxylation is 1. The number of amides is 1. The highest BCUT2D eigenvalue weighted by atomic mass is 19.1. The third-order valence-corrected chi connectivity index (χ3v) is 3.76. The predicted octanol–water partition coefficient (Wildman–Crippen LogP) is 1.44. The van der Waals surface area contributed by atoms with Crippen LogP contribution in [0.5, 0.6) is 0 Å². The lowest BCUT2D eigenvalue weighted by Gasteiger charge is -2.12. The normalized spacial score (nSPS) is 11.8. The van der Waals surface area contributed by atoms with Crippen molar-refractivity contribution in [3.8, 4) is 0 Å². The van der Waals surface area contributed by atoms with E-state index < -0.39 is 11.9 Å². The summed E-state index contributed by atoms with van der Waals surface area (Å²) in [5, 5.41) is 10.6. The molecule has 0 radical (unpaired) electrons. The van der Waals surface area contributed by atoms with Crippen molar-refractivity contribution in [2.45, 2.75) is 32.2 Å². The second-order valence-corrected chi connectivity index (χ2v) is 5.65. The Bertz CT molecular complexity index is 732. The highest BCUT2D eigenvalue weighted by Gasteiger charge is 2.15. The molecule has 134 valence electrons. The average Bonchev–Trinajstić information content (AvgIpc) is 3.05. The molecule has 0 saturated carbocycles. The molecule has 0 aliphatic rings. The van der Waals surface area contributed by atoms with Gasteiger partial charge in [0.1, 0.15) is 12.4 Å². The molecule has 1 unspecified atom stereocenters. The van der Waals surface area contributed by atoms with Crippen molar-refractivity contribution in [2.75, 3.05) is 13.7 Å². The minimum absolute atomic E-state index is 0.0192. The number of nitrogens with zero attached hydrogens (tertiary/aromatic N) is 3. The molecule has 1 atom stereocenters. The summed E-state index contributed by atoms with van der Waals surface area (Å²) in [6.07, 6.45) is 2.97. The van der Waals surface area contributed by atoms with Crippen molar-refractivity contribution in [3.05, 3.63) is 47.5 Å². The van der Waals surface area contributed by atoms with Gasteiger partial charge < -0.3 is 10.1 Å². The number of nitrogens with one attached hydrogen (secondary N) is 1. The first kappa shape index (κ1) is 18.6. The van der Waals surface area contributed by atoms with Gasteiger partial charge in [0, 0.05) is 12.7 Å². The Labute approximate surface area is 145 Å². The summed E-state index contributed by atoms with van der Waals surface area (Å²) in [6.45, 7) is 2.23. The highest BCUT2D eigenvalue weighted by molar-refractivity contribution is 5.83.